The summed E-state index contributed by atoms with van der Waals surface area (Å²) in [5, 5.41) is 2.43. The second-order valence-electron chi connectivity index (χ2n) is 3.59. The van der Waals surface area contributed by atoms with Gasteiger partial charge in [-0.15, -0.1) is 0 Å². The van der Waals surface area contributed by atoms with Gasteiger partial charge in [-0.1, -0.05) is 42.5 Å². The summed E-state index contributed by atoms with van der Waals surface area (Å²) >= 11 is 0. The summed E-state index contributed by atoms with van der Waals surface area (Å²) < 4.78 is 15.8. The predicted octanol–water partition coefficient (Wildman–Crippen LogP) is 2.63. The van der Waals surface area contributed by atoms with Crippen LogP contribution in [-0.2, 0) is 19.9 Å². The Labute approximate surface area is 103 Å². The third-order valence-corrected chi connectivity index (χ3v) is 3.61. The Kier molecular flexibility index (Phi) is 4.28. The van der Waals surface area contributed by atoms with E-state index in [2.05, 4.69) is 24.3 Å². The van der Waals surface area contributed by atoms with E-state index in [9.17, 15) is 0 Å². The van der Waals surface area contributed by atoms with Crippen molar-refractivity contribution in [3.05, 3.63) is 48.0 Å². The molecule has 0 atom stereocenters. The van der Waals surface area contributed by atoms with Gasteiger partial charge in [-0.2, -0.15) is 0 Å². The Balaban J connectivity index is 2.18. The molecule has 0 aliphatic heterocycles. The van der Waals surface area contributed by atoms with E-state index in [4.69, 9.17) is 13.3 Å². The monoisotopic (exact) mass is 247 g/mol. The number of rotatable bonds is 5. The van der Waals surface area contributed by atoms with E-state index in [1.54, 1.807) is 14.2 Å². The van der Waals surface area contributed by atoms with Crippen molar-refractivity contribution in [2.45, 2.75) is 6.61 Å². The summed E-state index contributed by atoms with van der Waals surface area (Å²) in [6.07, 6.45) is 0. The zero-order chi connectivity index (χ0) is 12.1. The second kappa shape index (κ2) is 5.93. The van der Waals surface area contributed by atoms with Gasteiger partial charge in [0, 0.05) is 14.2 Å². The van der Waals surface area contributed by atoms with Crippen molar-refractivity contribution in [2.24, 2.45) is 0 Å². The van der Waals surface area contributed by atoms with Crippen molar-refractivity contribution in [1.29, 1.82) is 0 Å². The van der Waals surface area contributed by atoms with E-state index in [-0.39, 0.29) is 0 Å². The molecule has 0 amide bonds. The molecule has 0 saturated carbocycles. The summed E-state index contributed by atoms with van der Waals surface area (Å²) in [5.74, 6) is 0. The average molecular weight is 247 g/mol. The van der Waals surface area contributed by atoms with Gasteiger partial charge in [0.05, 0.1) is 6.61 Å². The minimum Gasteiger partial charge on any atom is -0.375 e. The van der Waals surface area contributed by atoms with E-state index in [0.717, 1.165) is 5.56 Å². The van der Waals surface area contributed by atoms with Gasteiger partial charge in [0.25, 0.3) is 0 Å². The van der Waals surface area contributed by atoms with E-state index in [1.807, 2.05) is 18.2 Å². The van der Waals surface area contributed by atoms with Crippen molar-refractivity contribution >= 4 is 20.3 Å². The molecule has 0 aromatic heterocycles. The van der Waals surface area contributed by atoms with Gasteiger partial charge >= 0.3 is 9.53 Å². The molecule has 4 heteroatoms. The number of benzene rings is 2. The molecule has 17 heavy (non-hydrogen) atoms. The highest BCUT2D eigenvalue weighted by atomic mass is 28.3. The molecule has 3 nitrogen and oxygen atoms in total. The van der Waals surface area contributed by atoms with Crippen LogP contribution in [-0.4, -0.2) is 23.7 Å². The third kappa shape index (κ3) is 2.92. The number of hydrogen-bond acceptors (Lipinski definition) is 3. The van der Waals surface area contributed by atoms with Gasteiger partial charge in [0.2, 0.25) is 0 Å². The van der Waals surface area contributed by atoms with Gasteiger partial charge in [0.1, 0.15) is 0 Å². The Hall–Kier alpha value is -1.20. The highest BCUT2D eigenvalue weighted by molar-refractivity contribution is 6.36. The molecule has 0 bridgehead atoms. The average Bonchev–Trinajstić information content (AvgIpc) is 2.40. The maximum atomic E-state index is 5.59. The smallest absolute Gasteiger partial charge is 0.375 e. The zero-order valence-electron chi connectivity index (χ0n) is 9.97. The van der Waals surface area contributed by atoms with Crippen molar-refractivity contribution in [3.8, 4) is 0 Å². The fourth-order valence-electron chi connectivity index (χ4n) is 1.76. The molecule has 89 valence electrons. The molecule has 0 aliphatic carbocycles. The van der Waals surface area contributed by atoms with Crippen LogP contribution in [0.25, 0.3) is 10.8 Å². The first-order chi connectivity index (χ1) is 8.35. The van der Waals surface area contributed by atoms with E-state index >= 15 is 0 Å². The summed E-state index contributed by atoms with van der Waals surface area (Å²) in [4.78, 5) is 0. The zero-order valence-corrected chi connectivity index (χ0v) is 11.0. The Bertz CT molecular complexity index is 478. The van der Waals surface area contributed by atoms with Gasteiger partial charge in [0.15, 0.2) is 0 Å². The van der Waals surface area contributed by atoms with Gasteiger partial charge in [-0.25, -0.2) is 0 Å². The molecule has 0 heterocycles. The predicted molar refractivity (Wildman–Crippen MR) is 68.5 cm³/mol. The van der Waals surface area contributed by atoms with Crippen LogP contribution in [0.4, 0.5) is 0 Å². The Morgan fingerprint density at radius 3 is 2.41 bits per heavy atom. The lowest BCUT2D eigenvalue weighted by Gasteiger charge is -2.11. The number of fused-ring (bicyclic) bond motifs is 1. The van der Waals surface area contributed by atoms with Crippen LogP contribution in [0.1, 0.15) is 5.56 Å². The summed E-state index contributed by atoms with van der Waals surface area (Å²) in [6, 6.07) is 14.5. The highest BCUT2D eigenvalue weighted by Crippen LogP contribution is 2.19. The molecule has 2 aromatic carbocycles. The van der Waals surface area contributed by atoms with Crippen LogP contribution in [0.15, 0.2) is 42.5 Å². The molecule has 0 N–H and O–H groups in total. The lowest BCUT2D eigenvalue weighted by Crippen LogP contribution is -2.23. The normalized spacial score (nSPS) is 11.2. The fraction of sp³-hybridized carbons (Fsp3) is 0.231. The molecule has 0 saturated heterocycles. The molecular weight excluding hydrogens is 232 g/mol. The molecule has 2 rings (SSSR count). The molecule has 0 fully saturated rings. The van der Waals surface area contributed by atoms with Crippen molar-refractivity contribution in [3.63, 3.8) is 0 Å². The largest absolute Gasteiger partial charge is 0.577 e. The molecule has 1 radical (unpaired) electrons. The maximum absolute atomic E-state index is 5.59. The van der Waals surface area contributed by atoms with Gasteiger partial charge < -0.3 is 13.3 Å². The van der Waals surface area contributed by atoms with E-state index in [0.29, 0.717) is 6.61 Å². The first-order valence-electron chi connectivity index (χ1n) is 5.39. The maximum Gasteiger partial charge on any atom is 0.577 e. The topological polar surface area (TPSA) is 27.7 Å². The minimum atomic E-state index is -1.59. The van der Waals surface area contributed by atoms with Crippen LogP contribution < -0.4 is 0 Å². The van der Waals surface area contributed by atoms with Gasteiger partial charge in [-0.05, 0) is 16.3 Å². The standard InChI is InChI=1S/C13H15O3Si/c1-14-17(15-2)16-10-12-8-5-7-11-6-3-4-9-13(11)12/h3-9H,10H2,1-2H3. The van der Waals surface area contributed by atoms with Crippen LogP contribution >= 0.6 is 0 Å². The van der Waals surface area contributed by atoms with Crippen LogP contribution in [0.3, 0.4) is 0 Å². The van der Waals surface area contributed by atoms with E-state index < -0.39 is 9.53 Å². The number of hydrogen-bond donors (Lipinski definition) is 0. The molecular formula is C13H15O3Si. The van der Waals surface area contributed by atoms with Crippen LogP contribution in [0.5, 0.6) is 0 Å². The molecule has 0 spiro atoms. The van der Waals surface area contributed by atoms with Crippen molar-refractivity contribution in [2.75, 3.05) is 14.2 Å². The van der Waals surface area contributed by atoms with Crippen LogP contribution in [0, 0.1) is 0 Å². The van der Waals surface area contributed by atoms with Crippen LogP contribution in [0.2, 0.25) is 0 Å². The molecule has 0 unspecified atom stereocenters. The fourth-order valence-corrected chi connectivity index (χ4v) is 2.43. The summed E-state index contributed by atoms with van der Waals surface area (Å²) in [5.41, 5.74) is 1.15. The Morgan fingerprint density at radius 1 is 0.941 bits per heavy atom. The first kappa shape index (κ1) is 12.3. The second-order valence-corrected chi connectivity index (χ2v) is 5.19. The summed E-state index contributed by atoms with van der Waals surface area (Å²) in [7, 11) is 1.61. The highest BCUT2D eigenvalue weighted by Gasteiger charge is 2.15. The lowest BCUT2D eigenvalue weighted by molar-refractivity contribution is 0.129. The minimum absolute atomic E-state index is 0.511. The molecule has 2 aromatic rings. The Morgan fingerprint density at radius 2 is 1.65 bits per heavy atom. The molecule has 0 aliphatic rings. The SMILES string of the molecule is CO[Si](OC)OCc1cccc2ccccc12. The van der Waals surface area contributed by atoms with Crippen molar-refractivity contribution in [1.82, 2.24) is 0 Å². The quantitative estimate of drug-likeness (QED) is 0.760. The van der Waals surface area contributed by atoms with Crippen molar-refractivity contribution < 1.29 is 13.3 Å². The third-order valence-electron chi connectivity index (χ3n) is 2.56. The first-order valence-corrected chi connectivity index (χ1v) is 6.62. The van der Waals surface area contributed by atoms with E-state index in [1.165, 1.54) is 10.8 Å². The summed E-state index contributed by atoms with van der Waals surface area (Å²) in [6.45, 7) is 0.511. The van der Waals surface area contributed by atoms with Gasteiger partial charge in [-0.3, -0.25) is 0 Å². The lowest BCUT2D eigenvalue weighted by atomic mass is 10.1.